The van der Waals surface area contributed by atoms with Gasteiger partial charge in [0.05, 0.1) is 11.7 Å². The topological polar surface area (TPSA) is 68.8 Å². The van der Waals surface area contributed by atoms with Crippen molar-refractivity contribution in [2.24, 2.45) is 12.9 Å². The lowest BCUT2D eigenvalue weighted by Gasteiger charge is -2.15. The molecule has 1 unspecified atom stereocenters. The number of aryl methyl sites for hydroxylation is 1. The Hall–Kier alpha value is -1.50. The molecule has 3 N–H and O–H groups in total. The molecular weight excluding hydrogens is 257 g/mol. The van der Waals surface area contributed by atoms with Crippen LogP contribution in [-0.4, -0.2) is 15.0 Å². The molecule has 0 aliphatic heterocycles. The smallest absolute Gasteiger partial charge is 0.129 e. The number of hydrogen-bond acceptors (Lipinski definition) is 4. The van der Waals surface area contributed by atoms with Crippen molar-refractivity contribution in [2.75, 3.05) is 0 Å². The fraction of sp³-hybridized carbons (Fsp3) is 0.273. The summed E-state index contributed by atoms with van der Waals surface area (Å²) in [6.07, 6.45) is 2.21. The second-order valence-corrected chi connectivity index (χ2v) is 4.41. The monoisotopic (exact) mass is 269 g/mol. The third kappa shape index (κ3) is 2.84. The number of hydrogen-bond donors (Lipinski definition) is 2. The second kappa shape index (κ2) is 5.43. The van der Waals surface area contributed by atoms with Crippen LogP contribution in [0.2, 0.25) is 5.02 Å². The molecule has 0 spiro atoms. The number of nitrogens with two attached hydrogens (primary N) is 1. The van der Waals surface area contributed by atoms with Gasteiger partial charge in [-0.1, -0.05) is 22.9 Å². The van der Waals surface area contributed by atoms with Crippen LogP contribution in [0.4, 0.5) is 4.39 Å². The van der Waals surface area contributed by atoms with Crippen LogP contribution in [0.25, 0.3) is 0 Å². The van der Waals surface area contributed by atoms with Gasteiger partial charge in [-0.15, -0.1) is 5.10 Å². The summed E-state index contributed by atoms with van der Waals surface area (Å²) in [4.78, 5) is 0. The van der Waals surface area contributed by atoms with Crippen LogP contribution in [0.1, 0.15) is 17.3 Å². The molecule has 18 heavy (non-hydrogen) atoms. The van der Waals surface area contributed by atoms with E-state index >= 15 is 0 Å². The SMILES string of the molecule is Cn1cc(CC(NN)c2ccc(Cl)cc2F)nn1. The number of hydrazine groups is 1. The van der Waals surface area contributed by atoms with E-state index in [-0.39, 0.29) is 6.04 Å². The van der Waals surface area contributed by atoms with Gasteiger partial charge in [-0.3, -0.25) is 16.0 Å². The number of halogens is 2. The summed E-state index contributed by atoms with van der Waals surface area (Å²) in [5.41, 5.74) is 3.76. The molecule has 0 radical (unpaired) electrons. The molecule has 1 aromatic heterocycles. The standard InChI is InChI=1S/C11H13ClFN5/c1-18-6-8(16-17-18)5-11(15-14)9-3-2-7(12)4-10(9)13/h2-4,6,11,15H,5,14H2,1H3. The minimum absolute atomic E-state index is 0.353. The molecule has 1 heterocycles. The summed E-state index contributed by atoms with van der Waals surface area (Å²) in [5, 5.41) is 8.12. The maximum Gasteiger partial charge on any atom is 0.129 e. The third-order valence-electron chi connectivity index (χ3n) is 2.60. The van der Waals surface area contributed by atoms with Gasteiger partial charge < -0.3 is 0 Å². The summed E-state index contributed by atoms with van der Waals surface area (Å²) < 4.78 is 15.4. The quantitative estimate of drug-likeness (QED) is 0.649. The van der Waals surface area contributed by atoms with E-state index in [0.29, 0.717) is 17.0 Å². The van der Waals surface area contributed by atoms with E-state index in [1.54, 1.807) is 30.1 Å². The number of nitrogens with zero attached hydrogens (tertiary/aromatic N) is 3. The van der Waals surface area contributed by atoms with Crippen molar-refractivity contribution >= 4 is 11.6 Å². The molecule has 1 aromatic carbocycles. The Morgan fingerprint density at radius 3 is 2.89 bits per heavy atom. The Kier molecular flexibility index (Phi) is 3.90. The highest BCUT2D eigenvalue weighted by atomic mass is 35.5. The molecule has 0 aliphatic rings. The molecule has 0 bridgehead atoms. The number of nitrogens with one attached hydrogen (secondary N) is 1. The van der Waals surface area contributed by atoms with Crippen LogP contribution in [0.15, 0.2) is 24.4 Å². The number of rotatable bonds is 4. The normalized spacial score (nSPS) is 12.7. The Labute approximate surface area is 109 Å². The maximum atomic E-state index is 13.8. The molecule has 0 aliphatic carbocycles. The number of aromatic nitrogens is 3. The van der Waals surface area contributed by atoms with Gasteiger partial charge >= 0.3 is 0 Å². The molecule has 5 nitrogen and oxygen atoms in total. The predicted molar refractivity (Wildman–Crippen MR) is 66.2 cm³/mol. The lowest BCUT2D eigenvalue weighted by atomic mass is 10.0. The van der Waals surface area contributed by atoms with Crippen molar-refractivity contribution in [3.05, 3.63) is 46.5 Å². The van der Waals surface area contributed by atoms with Gasteiger partial charge in [0.1, 0.15) is 5.82 Å². The van der Waals surface area contributed by atoms with Crippen LogP contribution < -0.4 is 11.3 Å². The maximum absolute atomic E-state index is 13.8. The van der Waals surface area contributed by atoms with Gasteiger partial charge in [0, 0.05) is 30.3 Å². The van der Waals surface area contributed by atoms with Gasteiger partial charge in [0.25, 0.3) is 0 Å². The highest BCUT2D eigenvalue weighted by Crippen LogP contribution is 2.22. The minimum atomic E-state index is -0.394. The van der Waals surface area contributed by atoms with Crippen molar-refractivity contribution in [1.82, 2.24) is 20.4 Å². The molecule has 0 amide bonds. The first kappa shape index (κ1) is 12.9. The van der Waals surface area contributed by atoms with Gasteiger partial charge in [0.2, 0.25) is 0 Å². The lowest BCUT2D eigenvalue weighted by molar-refractivity contribution is 0.506. The Balaban J connectivity index is 2.22. The fourth-order valence-corrected chi connectivity index (χ4v) is 1.90. The van der Waals surface area contributed by atoms with Crippen molar-refractivity contribution in [3.8, 4) is 0 Å². The zero-order valence-electron chi connectivity index (χ0n) is 9.77. The van der Waals surface area contributed by atoms with Crippen molar-refractivity contribution in [1.29, 1.82) is 0 Å². The second-order valence-electron chi connectivity index (χ2n) is 3.97. The summed E-state index contributed by atoms with van der Waals surface area (Å²) in [7, 11) is 1.77. The van der Waals surface area contributed by atoms with Gasteiger partial charge in [-0.05, 0) is 12.1 Å². The largest absolute Gasteiger partial charge is 0.271 e. The highest BCUT2D eigenvalue weighted by molar-refractivity contribution is 6.30. The first-order chi connectivity index (χ1) is 8.60. The Morgan fingerprint density at radius 2 is 2.33 bits per heavy atom. The zero-order chi connectivity index (χ0) is 13.1. The van der Waals surface area contributed by atoms with Crippen molar-refractivity contribution < 1.29 is 4.39 Å². The van der Waals surface area contributed by atoms with Gasteiger partial charge in [0.15, 0.2) is 0 Å². The van der Waals surface area contributed by atoms with Crippen LogP contribution in [0.3, 0.4) is 0 Å². The van der Waals surface area contributed by atoms with Gasteiger partial charge in [-0.2, -0.15) is 0 Å². The van der Waals surface area contributed by atoms with Crippen LogP contribution >= 0.6 is 11.6 Å². The van der Waals surface area contributed by atoms with Crippen LogP contribution in [0, 0.1) is 5.82 Å². The predicted octanol–water partition coefficient (Wildman–Crippen LogP) is 1.35. The lowest BCUT2D eigenvalue weighted by Crippen LogP contribution is -2.30. The van der Waals surface area contributed by atoms with E-state index in [0.717, 1.165) is 5.69 Å². The van der Waals surface area contributed by atoms with Crippen LogP contribution in [-0.2, 0) is 13.5 Å². The minimum Gasteiger partial charge on any atom is -0.271 e. The fourth-order valence-electron chi connectivity index (χ4n) is 1.74. The highest BCUT2D eigenvalue weighted by Gasteiger charge is 2.16. The Bertz CT molecular complexity index is 542. The summed E-state index contributed by atoms with van der Waals surface area (Å²) in [6.45, 7) is 0. The summed E-state index contributed by atoms with van der Waals surface area (Å²) >= 11 is 5.71. The molecule has 1 atom stereocenters. The molecule has 0 saturated heterocycles. The molecule has 0 saturated carbocycles. The van der Waals surface area contributed by atoms with E-state index in [9.17, 15) is 4.39 Å². The van der Waals surface area contributed by atoms with E-state index in [1.807, 2.05) is 0 Å². The van der Waals surface area contributed by atoms with Crippen molar-refractivity contribution in [2.45, 2.75) is 12.5 Å². The molecule has 0 fully saturated rings. The third-order valence-corrected chi connectivity index (χ3v) is 2.84. The summed E-state index contributed by atoms with van der Waals surface area (Å²) in [6, 6.07) is 4.12. The number of benzene rings is 1. The molecule has 2 rings (SSSR count). The van der Waals surface area contributed by atoms with Crippen molar-refractivity contribution in [3.63, 3.8) is 0 Å². The first-order valence-corrected chi connectivity index (χ1v) is 5.74. The molecule has 7 heteroatoms. The van der Waals surface area contributed by atoms with Gasteiger partial charge in [-0.25, -0.2) is 4.39 Å². The van der Waals surface area contributed by atoms with E-state index in [1.165, 1.54) is 6.07 Å². The van der Waals surface area contributed by atoms with E-state index in [2.05, 4.69) is 15.7 Å². The average Bonchev–Trinajstić information content (AvgIpc) is 2.72. The van der Waals surface area contributed by atoms with Crippen LogP contribution in [0.5, 0.6) is 0 Å². The average molecular weight is 270 g/mol. The molecular formula is C11H13ClFN5. The van der Waals surface area contributed by atoms with E-state index < -0.39 is 5.82 Å². The zero-order valence-corrected chi connectivity index (χ0v) is 10.5. The Morgan fingerprint density at radius 1 is 1.56 bits per heavy atom. The first-order valence-electron chi connectivity index (χ1n) is 5.36. The molecule has 96 valence electrons. The molecule has 2 aromatic rings. The summed E-state index contributed by atoms with van der Waals surface area (Å²) in [5.74, 6) is 5.07. The van der Waals surface area contributed by atoms with E-state index in [4.69, 9.17) is 17.4 Å².